The van der Waals surface area contributed by atoms with Crippen LogP contribution >= 0.6 is 44.2 Å². The van der Waals surface area contributed by atoms with Crippen molar-refractivity contribution in [1.29, 1.82) is 0 Å². The summed E-state index contributed by atoms with van der Waals surface area (Å²) in [5.41, 5.74) is 6.41. The highest BCUT2D eigenvalue weighted by molar-refractivity contribution is 9.10. The summed E-state index contributed by atoms with van der Waals surface area (Å²) >= 11 is 5.06. The summed E-state index contributed by atoms with van der Waals surface area (Å²) in [6, 6.07) is 11.3. The van der Waals surface area contributed by atoms with Crippen LogP contribution < -0.4 is 16.4 Å². The van der Waals surface area contributed by atoms with E-state index in [9.17, 15) is 4.79 Å². The zero-order chi connectivity index (χ0) is 16.5. The third-order valence-electron chi connectivity index (χ3n) is 3.04. The molecular formula is C16H20Br2N4OS. The Kier molecular flexibility index (Phi) is 9.66. The molecule has 0 bridgehead atoms. The predicted molar refractivity (Wildman–Crippen MR) is 109 cm³/mol. The van der Waals surface area contributed by atoms with E-state index >= 15 is 0 Å². The molecule has 0 spiro atoms. The van der Waals surface area contributed by atoms with E-state index in [-0.39, 0.29) is 22.9 Å². The summed E-state index contributed by atoms with van der Waals surface area (Å²) in [5.74, 6) is 0.298. The lowest BCUT2D eigenvalue weighted by molar-refractivity contribution is 0.0954. The van der Waals surface area contributed by atoms with Gasteiger partial charge >= 0.3 is 0 Å². The predicted octanol–water partition coefficient (Wildman–Crippen LogP) is 2.97. The summed E-state index contributed by atoms with van der Waals surface area (Å²) in [7, 11) is 0. The number of halogens is 2. The molecule has 0 radical (unpaired) electrons. The second-order valence-electron chi connectivity index (χ2n) is 4.79. The lowest BCUT2D eigenvalue weighted by Gasteiger charge is -2.07. The van der Waals surface area contributed by atoms with Crippen molar-refractivity contribution in [2.75, 3.05) is 19.6 Å². The Balaban J connectivity index is 0.00000288. The minimum Gasteiger partial charge on any atom is -0.370 e. The number of nitrogens with one attached hydrogen (secondary N) is 2. The van der Waals surface area contributed by atoms with Gasteiger partial charge in [-0.3, -0.25) is 9.79 Å². The van der Waals surface area contributed by atoms with Crippen LogP contribution in [-0.4, -0.2) is 31.5 Å². The van der Waals surface area contributed by atoms with E-state index in [1.54, 1.807) is 23.5 Å². The molecule has 1 aromatic carbocycles. The number of benzene rings is 1. The van der Waals surface area contributed by atoms with Gasteiger partial charge in [0.2, 0.25) is 0 Å². The normalized spacial score (nSPS) is 10.8. The number of guanidine groups is 1. The van der Waals surface area contributed by atoms with E-state index in [1.165, 1.54) is 4.88 Å². The van der Waals surface area contributed by atoms with Gasteiger partial charge in [-0.15, -0.1) is 28.3 Å². The Morgan fingerprint density at radius 3 is 2.54 bits per heavy atom. The van der Waals surface area contributed by atoms with Gasteiger partial charge in [0.05, 0.1) is 0 Å². The Morgan fingerprint density at radius 1 is 1.17 bits per heavy atom. The second kappa shape index (κ2) is 11.2. The number of amides is 1. The molecule has 0 atom stereocenters. The van der Waals surface area contributed by atoms with E-state index in [0.29, 0.717) is 31.2 Å². The van der Waals surface area contributed by atoms with Gasteiger partial charge < -0.3 is 16.4 Å². The SMILES string of the molecule is Br.NC(=NCCc1cccs1)NCCNC(=O)c1ccc(Br)cc1. The van der Waals surface area contributed by atoms with E-state index in [4.69, 9.17) is 5.73 Å². The van der Waals surface area contributed by atoms with Crippen LogP contribution in [0.1, 0.15) is 15.2 Å². The largest absolute Gasteiger partial charge is 0.370 e. The van der Waals surface area contributed by atoms with Gasteiger partial charge in [-0.1, -0.05) is 22.0 Å². The van der Waals surface area contributed by atoms with Crippen LogP contribution in [0.3, 0.4) is 0 Å². The van der Waals surface area contributed by atoms with Gasteiger partial charge in [0, 0.05) is 41.0 Å². The molecule has 0 aliphatic rings. The van der Waals surface area contributed by atoms with E-state index in [2.05, 4.69) is 43.0 Å². The van der Waals surface area contributed by atoms with E-state index < -0.39 is 0 Å². The zero-order valence-corrected chi connectivity index (χ0v) is 17.1. The molecule has 5 nitrogen and oxygen atoms in total. The molecule has 0 fully saturated rings. The van der Waals surface area contributed by atoms with Gasteiger partial charge in [-0.25, -0.2) is 0 Å². The maximum absolute atomic E-state index is 11.9. The van der Waals surface area contributed by atoms with Crippen molar-refractivity contribution in [3.63, 3.8) is 0 Å². The number of hydrogen-bond acceptors (Lipinski definition) is 3. The summed E-state index contributed by atoms with van der Waals surface area (Å²) in [6.07, 6.45) is 0.889. The molecule has 1 amide bonds. The lowest BCUT2D eigenvalue weighted by atomic mass is 10.2. The van der Waals surface area contributed by atoms with Crippen molar-refractivity contribution in [3.05, 3.63) is 56.7 Å². The Labute approximate surface area is 164 Å². The number of carbonyl (C=O) groups excluding carboxylic acids is 1. The quantitative estimate of drug-likeness (QED) is 0.327. The van der Waals surface area contributed by atoms with Crippen molar-refractivity contribution >= 4 is 56.1 Å². The molecule has 0 unspecified atom stereocenters. The summed E-state index contributed by atoms with van der Waals surface area (Å²) in [5, 5.41) is 7.86. The average Bonchev–Trinajstić information content (AvgIpc) is 3.05. The maximum atomic E-state index is 11.9. The highest BCUT2D eigenvalue weighted by Gasteiger charge is 2.03. The number of hydrogen-bond donors (Lipinski definition) is 3. The molecule has 0 aliphatic heterocycles. The number of aliphatic imine (C=N–C) groups is 1. The topological polar surface area (TPSA) is 79.5 Å². The molecule has 4 N–H and O–H groups in total. The molecule has 2 rings (SSSR count). The first-order valence-corrected chi connectivity index (χ1v) is 8.92. The van der Waals surface area contributed by atoms with Crippen LogP contribution in [0.15, 0.2) is 51.2 Å². The molecule has 1 heterocycles. The molecule has 24 heavy (non-hydrogen) atoms. The van der Waals surface area contributed by atoms with Crippen LogP contribution in [0.4, 0.5) is 0 Å². The Morgan fingerprint density at radius 2 is 1.88 bits per heavy atom. The fourth-order valence-corrected chi connectivity index (χ4v) is 2.83. The fraction of sp³-hybridized carbons (Fsp3) is 0.250. The maximum Gasteiger partial charge on any atom is 0.251 e. The van der Waals surface area contributed by atoms with Crippen LogP contribution in [0.5, 0.6) is 0 Å². The second-order valence-corrected chi connectivity index (χ2v) is 6.73. The zero-order valence-electron chi connectivity index (χ0n) is 13.0. The van der Waals surface area contributed by atoms with E-state index in [1.807, 2.05) is 18.2 Å². The van der Waals surface area contributed by atoms with Gasteiger partial charge in [-0.2, -0.15) is 0 Å². The number of nitrogens with two attached hydrogens (primary N) is 1. The van der Waals surface area contributed by atoms with Crippen molar-refractivity contribution in [3.8, 4) is 0 Å². The standard InChI is InChI=1S/C16H19BrN4OS.BrH/c17-13-5-3-12(4-6-13)15(22)19-9-10-21-16(18)20-8-7-14-2-1-11-23-14;/h1-6,11H,7-10H2,(H,19,22)(H3,18,20,21);1H. The summed E-state index contributed by atoms with van der Waals surface area (Å²) in [6.45, 7) is 1.68. The molecule has 2 aromatic rings. The Bertz CT molecular complexity index is 645. The van der Waals surface area contributed by atoms with Crippen LogP contribution in [0.25, 0.3) is 0 Å². The van der Waals surface area contributed by atoms with Gasteiger partial charge in [-0.05, 0) is 35.7 Å². The van der Waals surface area contributed by atoms with E-state index in [0.717, 1.165) is 10.9 Å². The summed E-state index contributed by atoms with van der Waals surface area (Å²) in [4.78, 5) is 17.4. The number of rotatable bonds is 7. The average molecular weight is 476 g/mol. The van der Waals surface area contributed by atoms with Crippen molar-refractivity contribution < 1.29 is 4.79 Å². The highest BCUT2D eigenvalue weighted by atomic mass is 79.9. The molecule has 0 aliphatic carbocycles. The van der Waals surface area contributed by atoms with Crippen molar-refractivity contribution in [1.82, 2.24) is 10.6 Å². The minimum atomic E-state index is -0.104. The van der Waals surface area contributed by atoms with Crippen molar-refractivity contribution in [2.24, 2.45) is 10.7 Å². The first-order chi connectivity index (χ1) is 11.1. The number of carbonyl (C=O) groups is 1. The van der Waals surface area contributed by atoms with Crippen LogP contribution in [0, 0.1) is 0 Å². The molecule has 130 valence electrons. The minimum absolute atomic E-state index is 0. The molecular weight excluding hydrogens is 456 g/mol. The number of nitrogens with zero attached hydrogens (tertiary/aromatic N) is 1. The molecule has 1 aromatic heterocycles. The Hall–Kier alpha value is -1.38. The van der Waals surface area contributed by atoms with Crippen LogP contribution in [-0.2, 0) is 6.42 Å². The summed E-state index contributed by atoms with van der Waals surface area (Å²) < 4.78 is 0.947. The van der Waals surface area contributed by atoms with Crippen molar-refractivity contribution in [2.45, 2.75) is 6.42 Å². The van der Waals surface area contributed by atoms with Gasteiger partial charge in [0.25, 0.3) is 5.91 Å². The van der Waals surface area contributed by atoms with Crippen LogP contribution in [0.2, 0.25) is 0 Å². The fourth-order valence-electron chi connectivity index (χ4n) is 1.87. The monoisotopic (exact) mass is 474 g/mol. The third-order valence-corrected chi connectivity index (χ3v) is 4.51. The molecule has 0 saturated heterocycles. The molecule has 0 saturated carbocycles. The molecule has 8 heteroatoms. The smallest absolute Gasteiger partial charge is 0.251 e. The number of thiophene rings is 1. The first kappa shape index (κ1) is 20.7. The van der Waals surface area contributed by atoms with Gasteiger partial charge in [0.1, 0.15) is 0 Å². The van der Waals surface area contributed by atoms with Gasteiger partial charge in [0.15, 0.2) is 5.96 Å². The third kappa shape index (κ3) is 7.46. The lowest BCUT2D eigenvalue weighted by Crippen LogP contribution is -2.38. The first-order valence-electron chi connectivity index (χ1n) is 7.25. The highest BCUT2D eigenvalue weighted by Crippen LogP contribution is 2.10.